The molecule has 0 saturated carbocycles. The van der Waals surface area contributed by atoms with Crippen LogP contribution in [0.1, 0.15) is 13.8 Å². The van der Waals surface area contributed by atoms with Crippen LogP contribution in [-0.4, -0.2) is 21.1 Å². The lowest BCUT2D eigenvalue weighted by Gasteiger charge is -2.11. The summed E-state index contributed by atoms with van der Waals surface area (Å²) in [6.07, 6.45) is -0.0784. The highest BCUT2D eigenvalue weighted by Gasteiger charge is 2.12. The third-order valence-electron chi connectivity index (χ3n) is 2.25. The van der Waals surface area contributed by atoms with Gasteiger partial charge in [0.1, 0.15) is 0 Å². The molecular weight excluding hydrogens is 381 g/mol. The Hall–Kier alpha value is -1.31. The van der Waals surface area contributed by atoms with Crippen molar-refractivity contribution in [2.75, 3.05) is 11.1 Å². The molecule has 0 unspecified atom stereocenters. The van der Waals surface area contributed by atoms with Crippen molar-refractivity contribution in [3.05, 3.63) is 26.7 Å². The first kappa shape index (κ1) is 16.1. The Morgan fingerprint density at radius 2 is 1.90 bits per heavy atom. The third-order valence-corrected chi connectivity index (χ3v) is 4.03. The molecule has 0 radical (unpaired) electrons. The molecule has 2 aromatic rings. The second-order valence-electron chi connectivity index (χ2n) is 4.31. The molecule has 0 saturated heterocycles. The molecule has 0 spiro atoms. The van der Waals surface area contributed by atoms with Crippen LogP contribution in [0.15, 0.2) is 16.6 Å². The predicted octanol–water partition coefficient (Wildman–Crippen LogP) is 4.05. The van der Waals surface area contributed by atoms with E-state index in [4.69, 9.17) is 33.7 Å². The van der Waals surface area contributed by atoms with Crippen molar-refractivity contribution in [3.63, 3.8) is 0 Å². The number of anilines is 3. The van der Waals surface area contributed by atoms with Crippen molar-refractivity contribution in [2.45, 2.75) is 20.0 Å². The standard InChI is InChI=1S/C12H12BrCl2N5O/c1-5(2)21-12-19-10(16)18-11(20-12)17-7-4-3-6(13)8(14)9(7)15/h3-5H,1-2H3,(H3,16,17,18,19,20). The monoisotopic (exact) mass is 391 g/mol. The van der Waals surface area contributed by atoms with Crippen molar-refractivity contribution in [1.82, 2.24) is 15.0 Å². The number of nitrogens with one attached hydrogen (secondary N) is 1. The fourth-order valence-corrected chi connectivity index (χ4v) is 2.26. The minimum Gasteiger partial charge on any atom is -0.461 e. The summed E-state index contributed by atoms with van der Waals surface area (Å²) >= 11 is 15.5. The zero-order valence-corrected chi connectivity index (χ0v) is 14.3. The maximum absolute atomic E-state index is 6.15. The summed E-state index contributed by atoms with van der Waals surface area (Å²) in [5.41, 5.74) is 6.18. The molecule has 1 aromatic heterocycles. The summed E-state index contributed by atoms with van der Waals surface area (Å²) in [5, 5.41) is 3.67. The highest BCUT2D eigenvalue weighted by atomic mass is 79.9. The smallest absolute Gasteiger partial charge is 0.323 e. The molecule has 3 N–H and O–H groups in total. The van der Waals surface area contributed by atoms with Crippen molar-refractivity contribution >= 4 is 56.7 Å². The predicted molar refractivity (Wildman–Crippen MR) is 87.4 cm³/mol. The van der Waals surface area contributed by atoms with Gasteiger partial charge in [-0.15, -0.1) is 0 Å². The fraction of sp³-hybridized carbons (Fsp3) is 0.250. The highest BCUT2D eigenvalue weighted by molar-refractivity contribution is 9.10. The average molecular weight is 393 g/mol. The Morgan fingerprint density at radius 1 is 1.19 bits per heavy atom. The van der Waals surface area contributed by atoms with E-state index in [0.29, 0.717) is 20.2 Å². The van der Waals surface area contributed by atoms with E-state index in [1.54, 1.807) is 12.1 Å². The molecule has 6 nitrogen and oxygen atoms in total. The molecule has 1 aromatic carbocycles. The normalized spacial score (nSPS) is 10.8. The number of ether oxygens (including phenoxy) is 1. The zero-order chi connectivity index (χ0) is 15.6. The molecule has 9 heteroatoms. The molecule has 112 valence electrons. The first-order chi connectivity index (χ1) is 9.86. The number of rotatable bonds is 4. The van der Waals surface area contributed by atoms with E-state index < -0.39 is 0 Å². The second-order valence-corrected chi connectivity index (χ2v) is 5.92. The molecule has 2 rings (SSSR count). The van der Waals surface area contributed by atoms with E-state index >= 15 is 0 Å². The third kappa shape index (κ3) is 4.09. The number of hydrogen-bond donors (Lipinski definition) is 2. The van der Waals surface area contributed by atoms with Crippen LogP contribution in [-0.2, 0) is 0 Å². The fourth-order valence-electron chi connectivity index (χ4n) is 1.43. The average Bonchev–Trinajstić information content (AvgIpc) is 2.38. The summed E-state index contributed by atoms with van der Waals surface area (Å²) in [4.78, 5) is 12.0. The van der Waals surface area contributed by atoms with Crippen LogP contribution in [0.3, 0.4) is 0 Å². The quantitative estimate of drug-likeness (QED) is 0.763. The van der Waals surface area contributed by atoms with Crippen LogP contribution in [0.4, 0.5) is 17.6 Å². The summed E-state index contributed by atoms with van der Waals surface area (Å²) in [6.45, 7) is 3.72. The van der Waals surface area contributed by atoms with Gasteiger partial charge in [-0.05, 0) is 41.9 Å². The van der Waals surface area contributed by atoms with E-state index in [-0.39, 0.29) is 24.0 Å². The van der Waals surface area contributed by atoms with Gasteiger partial charge in [0.15, 0.2) is 0 Å². The van der Waals surface area contributed by atoms with E-state index in [2.05, 4.69) is 36.2 Å². The van der Waals surface area contributed by atoms with Crippen LogP contribution in [0.25, 0.3) is 0 Å². The van der Waals surface area contributed by atoms with Crippen molar-refractivity contribution in [1.29, 1.82) is 0 Å². The highest BCUT2D eigenvalue weighted by Crippen LogP contribution is 2.36. The van der Waals surface area contributed by atoms with Crippen LogP contribution >= 0.6 is 39.1 Å². The molecule has 0 fully saturated rings. The Balaban J connectivity index is 2.31. The van der Waals surface area contributed by atoms with Crippen LogP contribution in [0.2, 0.25) is 10.0 Å². The van der Waals surface area contributed by atoms with Gasteiger partial charge in [-0.2, -0.15) is 15.0 Å². The SMILES string of the molecule is CC(C)Oc1nc(N)nc(Nc2ccc(Br)c(Cl)c2Cl)n1. The van der Waals surface area contributed by atoms with Crippen molar-refractivity contribution in [3.8, 4) is 6.01 Å². The van der Waals surface area contributed by atoms with Crippen LogP contribution < -0.4 is 15.8 Å². The lowest BCUT2D eigenvalue weighted by molar-refractivity contribution is 0.222. The van der Waals surface area contributed by atoms with Gasteiger partial charge in [-0.25, -0.2) is 0 Å². The molecule has 0 amide bonds. The summed E-state index contributed by atoms with van der Waals surface area (Å²) in [6, 6.07) is 3.63. The molecule has 0 aliphatic heterocycles. The zero-order valence-electron chi connectivity index (χ0n) is 11.2. The number of halogens is 3. The van der Waals surface area contributed by atoms with Crippen LogP contribution in [0.5, 0.6) is 6.01 Å². The maximum atomic E-state index is 6.15. The first-order valence-electron chi connectivity index (χ1n) is 5.95. The molecule has 0 bridgehead atoms. The number of nitrogens with zero attached hydrogens (tertiary/aromatic N) is 3. The van der Waals surface area contributed by atoms with Gasteiger partial charge in [0.2, 0.25) is 11.9 Å². The number of nitrogen functional groups attached to an aromatic ring is 1. The minimum atomic E-state index is -0.0784. The van der Waals surface area contributed by atoms with Gasteiger partial charge in [0.25, 0.3) is 0 Å². The van der Waals surface area contributed by atoms with Gasteiger partial charge < -0.3 is 15.8 Å². The molecule has 0 aliphatic rings. The lowest BCUT2D eigenvalue weighted by Crippen LogP contribution is -2.11. The Morgan fingerprint density at radius 3 is 2.57 bits per heavy atom. The van der Waals surface area contributed by atoms with E-state index in [1.807, 2.05) is 13.8 Å². The van der Waals surface area contributed by atoms with Gasteiger partial charge in [-0.1, -0.05) is 23.2 Å². The van der Waals surface area contributed by atoms with Gasteiger partial charge >= 0.3 is 6.01 Å². The largest absolute Gasteiger partial charge is 0.461 e. The second kappa shape index (κ2) is 6.64. The number of nitrogens with two attached hydrogens (primary N) is 1. The van der Waals surface area contributed by atoms with Crippen LogP contribution in [0, 0.1) is 0 Å². The molecule has 21 heavy (non-hydrogen) atoms. The number of aromatic nitrogens is 3. The van der Waals surface area contributed by atoms with E-state index in [1.165, 1.54) is 0 Å². The van der Waals surface area contributed by atoms with Gasteiger partial charge in [-0.3, -0.25) is 0 Å². The van der Waals surface area contributed by atoms with E-state index in [9.17, 15) is 0 Å². The Bertz CT molecular complexity index is 668. The Labute approximate surface area is 140 Å². The minimum absolute atomic E-state index is 0.0440. The molecule has 0 atom stereocenters. The lowest BCUT2D eigenvalue weighted by atomic mass is 10.3. The van der Waals surface area contributed by atoms with Gasteiger partial charge in [0.05, 0.1) is 21.8 Å². The van der Waals surface area contributed by atoms with Crippen molar-refractivity contribution in [2.24, 2.45) is 0 Å². The summed E-state index contributed by atoms with van der Waals surface area (Å²) < 4.78 is 6.09. The number of benzene rings is 1. The number of hydrogen-bond acceptors (Lipinski definition) is 6. The summed E-state index contributed by atoms with van der Waals surface area (Å²) in [5.74, 6) is 0.265. The van der Waals surface area contributed by atoms with E-state index in [0.717, 1.165) is 0 Å². The van der Waals surface area contributed by atoms with Gasteiger partial charge in [0, 0.05) is 4.47 Å². The molecule has 0 aliphatic carbocycles. The van der Waals surface area contributed by atoms with Crippen molar-refractivity contribution < 1.29 is 4.74 Å². The maximum Gasteiger partial charge on any atom is 0.323 e. The first-order valence-corrected chi connectivity index (χ1v) is 7.50. The Kier molecular flexibility index (Phi) is 5.08. The topological polar surface area (TPSA) is 86.0 Å². The molecular formula is C12H12BrCl2N5O. The summed E-state index contributed by atoms with van der Waals surface area (Å²) in [7, 11) is 0. The molecule has 1 heterocycles.